The van der Waals surface area contributed by atoms with E-state index >= 15 is 0 Å². The van der Waals surface area contributed by atoms with Crippen molar-refractivity contribution in [1.82, 2.24) is 9.97 Å². The van der Waals surface area contributed by atoms with Gasteiger partial charge in [0.2, 0.25) is 5.91 Å². The van der Waals surface area contributed by atoms with Crippen LogP contribution in [0, 0.1) is 6.92 Å². The molecule has 136 valence electrons. The predicted molar refractivity (Wildman–Crippen MR) is 101 cm³/mol. The largest absolute Gasteiger partial charge is 0.465 e. The summed E-state index contributed by atoms with van der Waals surface area (Å²) < 4.78 is 4.65. The van der Waals surface area contributed by atoms with Gasteiger partial charge in [0.15, 0.2) is 5.16 Å². The van der Waals surface area contributed by atoms with Crippen LogP contribution in [0.25, 0.3) is 0 Å². The van der Waals surface area contributed by atoms with Gasteiger partial charge in [0, 0.05) is 17.1 Å². The highest BCUT2D eigenvalue weighted by Crippen LogP contribution is 2.24. The highest BCUT2D eigenvalue weighted by molar-refractivity contribution is 7.99. The number of carbonyl (C=O) groups is 2. The molecule has 1 aromatic carbocycles. The highest BCUT2D eigenvalue weighted by atomic mass is 32.2. The Morgan fingerprint density at radius 1 is 1.15 bits per heavy atom. The number of hydrogen-bond acceptors (Lipinski definition) is 6. The van der Waals surface area contributed by atoms with Crippen molar-refractivity contribution in [2.24, 2.45) is 0 Å². The van der Waals surface area contributed by atoms with E-state index in [-0.39, 0.29) is 11.7 Å². The number of thioether (sulfide) groups is 1. The number of aryl methyl sites for hydroxylation is 2. The van der Waals surface area contributed by atoms with Gasteiger partial charge in [-0.1, -0.05) is 11.8 Å². The Morgan fingerprint density at radius 2 is 1.88 bits per heavy atom. The molecule has 0 radical (unpaired) electrons. The maximum absolute atomic E-state index is 12.2. The quantitative estimate of drug-likeness (QED) is 0.494. The standard InChI is InChI=1S/C19H21N3O3S/c1-12-15-5-3-4-6-16(15)22-19(20-12)26-11-17(23)21-14-9-7-13(8-10-14)18(24)25-2/h7-10H,3-6,11H2,1-2H3,(H,21,23). The molecule has 0 bridgehead atoms. The van der Waals surface area contributed by atoms with E-state index in [2.05, 4.69) is 20.0 Å². The average molecular weight is 371 g/mol. The molecule has 1 heterocycles. The first kappa shape index (κ1) is 18.4. The van der Waals surface area contributed by atoms with Gasteiger partial charge in [-0.25, -0.2) is 14.8 Å². The number of nitrogens with one attached hydrogen (secondary N) is 1. The van der Waals surface area contributed by atoms with E-state index < -0.39 is 5.97 Å². The summed E-state index contributed by atoms with van der Waals surface area (Å²) in [5.74, 6) is -0.310. The monoisotopic (exact) mass is 371 g/mol. The summed E-state index contributed by atoms with van der Waals surface area (Å²) >= 11 is 1.34. The number of esters is 1. The Morgan fingerprint density at radius 3 is 2.62 bits per heavy atom. The normalized spacial score (nSPS) is 13.0. The van der Waals surface area contributed by atoms with Crippen molar-refractivity contribution in [3.8, 4) is 0 Å². The minimum absolute atomic E-state index is 0.139. The molecule has 0 aliphatic heterocycles. The second-order valence-electron chi connectivity index (χ2n) is 6.13. The second-order valence-corrected chi connectivity index (χ2v) is 7.07. The molecule has 1 N–H and O–H groups in total. The SMILES string of the molecule is COC(=O)c1ccc(NC(=O)CSc2nc(C)c3c(n2)CCCC3)cc1. The van der Waals surface area contributed by atoms with Crippen LogP contribution in [0.15, 0.2) is 29.4 Å². The minimum Gasteiger partial charge on any atom is -0.465 e. The molecule has 0 fully saturated rings. The molecule has 26 heavy (non-hydrogen) atoms. The van der Waals surface area contributed by atoms with Crippen LogP contribution in [0.3, 0.4) is 0 Å². The number of aromatic nitrogens is 2. The van der Waals surface area contributed by atoms with E-state index in [0.29, 0.717) is 16.4 Å². The summed E-state index contributed by atoms with van der Waals surface area (Å²) in [6.45, 7) is 2.01. The van der Waals surface area contributed by atoms with Gasteiger partial charge < -0.3 is 10.1 Å². The van der Waals surface area contributed by atoms with Crippen molar-refractivity contribution in [3.05, 3.63) is 46.8 Å². The molecule has 1 aliphatic rings. The molecule has 0 saturated heterocycles. The van der Waals surface area contributed by atoms with Gasteiger partial charge in [-0.15, -0.1) is 0 Å². The molecule has 0 unspecified atom stereocenters. The number of carbonyl (C=O) groups excluding carboxylic acids is 2. The predicted octanol–water partition coefficient (Wildman–Crippen LogP) is 3.18. The molecule has 0 saturated carbocycles. The molecule has 3 rings (SSSR count). The van der Waals surface area contributed by atoms with Gasteiger partial charge in [0.25, 0.3) is 0 Å². The number of hydrogen-bond donors (Lipinski definition) is 1. The Balaban J connectivity index is 1.57. The minimum atomic E-state index is -0.404. The molecular weight excluding hydrogens is 350 g/mol. The van der Waals surface area contributed by atoms with Crippen LogP contribution in [0.1, 0.15) is 40.2 Å². The molecule has 0 spiro atoms. The fraction of sp³-hybridized carbons (Fsp3) is 0.368. The third-order valence-corrected chi connectivity index (χ3v) is 5.14. The van der Waals surface area contributed by atoms with Gasteiger partial charge in [0.05, 0.1) is 18.4 Å². The van der Waals surface area contributed by atoms with Crippen molar-refractivity contribution < 1.29 is 14.3 Å². The molecule has 0 atom stereocenters. The molecule has 7 heteroatoms. The van der Waals surface area contributed by atoms with E-state index in [4.69, 9.17) is 0 Å². The number of fused-ring (bicyclic) bond motifs is 1. The molecule has 2 aromatic rings. The van der Waals surface area contributed by atoms with E-state index in [1.807, 2.05) is 6.92 Å². The number of rotatable bonds is 5. The Hall–Kier alpha value is -2.41. The number of benzene rings is 1. The van der Waals surface area contributed by atoms with Crippen LogP contribution in [-0.2, 0) is 22.4 Å². The zero-order valence-electron chi connectivity index (χ0n) is 14.9. The zero-order chi connectivity index (χ0) is 18.5. The lowest BCUT2D eigenvalue weighted by molar-refractivity contribution is -0.113. The van der Waals surface area contributed by atoms with E-state index in [1.165, 1.54) is 30.9 Å². The second kappa shape index (κ2) is 8.31. The third-order valence-electron chi connectivity index (χ3n) is 4.29. The van der Waals surface area contributed by atoms with Crippen molar-refractivity contribution in [1.29, 1.82) is 0 Å². The van der Waals surface area contributed by atoms with Crippen LogP contribution in [0.5, 0.6) is 0 Å². The highest BCUT2D eigenvalue weighted by Gasteiger charge is 2.16. The smallest absolute Gasteiger partial charge is 0.337 e. The van der Waals surface area contributed by atoms with Gasteiger partial charge in [-0.2, -0.15) is 0 Å². The third kappa shape index (κ3) is 4.40. The zero-order valence-corrected chi connectivity index (χ0v) is 15.7. The van der Waals surface area contributed by atoms with Crippen molar-refractivity contribution >= 4 is 29.3 Å². The Labute approximate surface area is 156 Å². The number of amides is 1. The Bertz CT molecular complexity index is 822. The fourth-order valence-electron chi connectivity index (χ4n) is 2.95. The summed E-state index contributed by atoms with van der Waals surface area (Å²) in [5.41, 5.74) is 4.50. The molecule has 1 aromatic heterocycles. The van der Waals surface area contributed by atoms with Crippen LogP contribution < -0.4 is 5.32 Å². The summed E-state index contributed by atoms with van der Waals surface area (Å²) in [6, 6.07) is 6.58. The molecule has 6 nitrogen and oxygen atoms in total. The van der Waals surface area contributed by atoms with Gasteiger partial charge in [-0.05, 0) is 62.4 Å². The van der Waals surface area contributed by atoms with Gasteiger partial charge in [0.1, 0.15) is 0 Å². The summed E-state index contributed by atoms with van der Waals surface area (Å²) in [7, 11) is 1.33. The molecule has 1 aliphatic carbocycles. The maximum atomic E-state index is 12.2. The first-order chi connectivity index (χ1) is 12.6. The molecule has 1 amide bonds. The van der Waals surface area contributed by atoms with E-state index in [9.17, 15) is 9.59 Å². The summed E-state index contributed by atoms with van der Waals surface area (Å²) in [5, 5.41) is 3.46. The first-order valence-corrected chi connectivity index (χ1v) is 9.53. The van der Waals surface area contributed by atoms with E-state index in [1.54, 1.807) is 24.3 Å². The number of methoxy groups -OCH3 is 1. The van der Waals surface area contributed by atoms with Crippen molar-refractivity contribution in [2.45, 2.75) is 37.8 Å². The van der Waals surface area contributed by atoms with Crippen molar-refractivity contribution in [3.63, 3.8) is 0 Å². The summed E-state index contributed by atoms with van der Waals surface area (Å²) in [4.78, 5) is 32.7. The topological polar surface area (TPSA) is 81.2 Å². The lowest BCUT2D eigenvalue weighted by Crippen LogP contribution is -2.15. The van der Waals surface area contributed by atoms with Gasteiger partial charge in [-0.3, -0.25) is 4.79 Å². The summed E-state index contributed by atoms with van der Waals surface area (Å²) in [6.07, 6.45) is 4.40. The number of nitrogens with zero attached hydrogens (tertiary/aromatic N) is 2. The fourth-order valence-corrected chi connectivity index (χ4v) is 3.66. The van der Waals surface area contributed by atoms with Crippen molar-refractivity contribution in [2.75, 3.05) is 18.2 Å². The molecular formula is C19H21N3O3S. The van der Waals surface area contributed by atoms with Crippen LogP contribution in [0.4, 0.5) is 5.69 Å². The maximum Gasteiger partial charge on any atom is 0.337 e. The number of ether oxygens (including phenoxy) is 1. The van der Waals surface area contributed by atoms with Crippen LogP contribution in [-0.4, -0.2) is 34.7 Å². The Kier molecular flexibility index (Phi) is 5.88. The average Bonchev–Trinajstić information content (AvgIpc) is 2.66. The van der Waals surface area contributed by atoms with Crippen LogP contribution in [0.2, 0.25) is 0 Å². The first-order valence-electron chi connectivity index (χ1n) is 8.54. The lowest BCUT2D eigenvalue weighted by atomic mass is 9.95. The van der Waals surface area contributed by atoms with Crippen LogP contribution >= 0.6 is 11.8 Å². The number of anilines is 1. The van der Waals surface area contributed by atoms with E-state index in [0.717, 1.165) is 30.7 Å². The van der Waals surface area contributed by atoms with Gasteiger partial charge >= 0.3 is 5.97 Å². The lowest BCUT2D eigenvalue weighted by Gasteiger charge is -2.17.